The number of ether oxygens (including phenoxy) is 1. The molecule has 1 aliphatic heterocycles. The van der Waals surface area contributed by atoms with Crippen LogP contribution in [-0.4, -0.2) is 23.9 Å². The minimum atomic E-state index is 0. The highest BCUT2D eigenvalue weighted by molar-refractivity contribution is 5.95. The zero-order chi connectivity index (χ0) is 20.1. The van der Waals surface area contributed by atoms with Crippen molar-refractivity contribution in [2.24, 2.45) is 0 Å². The molecule has 0 spiro atoms. The van der Waals surface area contributed by atoms with Crippen LogP contribution in [0.1, 0.15) is 34.6 Å². The first kappa shape index (κ1) is 22.0. The largest absolute Gasteiger partial charge is 1.00 e. The molecule has 0 amide bonds. The van der Waals surface area contributed by atoms with Gasteiger partial charge in [0.1, 0.15) is 12.4 Å². The summed E-state index contributed by atoms with van der Waals surface area (Å²) >= 11 is 0. The van der Waals surface area contributed by atoms with Gasteiger partial charge in [0.2, 0.25) is 12.3 Å². The SMILES string of the molecule is Cc1cccc(COc2cc[n+](CC(=O)c3ccc(N4CCCC4)cc3)cc2)n1.[Br-]. The first-order chi connectivity index (χ1) is 14.2. The maximum atomic E-state index is 12.6. The van der Waals surface area contributed by atoms with Crippen LogP contribution < -0.4 is 31.2 Å². The molecule has 1 fully saturated rings. The summed E-state index contributed by atoms with van der Waals surface area (Å²) in [5, 5.41) is 0. The quantitative estimate of drug-likeness (QED) is 0.379. The maximum absolute atomic E-state index is 12.6. The van der Waals surface area contributed by atoms with E-state index in [1.807, 2.05) is 66.3 Å². The molecular formula is C24H26BrN3O2. The molecule has 2 aromatic heterocycles. The molecule has 156 valence electrons. The number of ketones is 1. The minimum Gasteiger partial charge on any atom is -1.00 e. The lowest BCUT2D eigenvalue weighted by Gasteiger charge is -2.17. The molecule has 0 bridgehead atoms. The van der Waals surface area contributed by atoms with E-state index < -0.39 is 0 Å². The number of halogens is 1. The van der Waals surface area contributed by atoms with Gasteiger partial charge in [-0.1, -0.05) is 6.07 Å². The van der Waals surface area contributed by atoms with Gasteiger partial charge < -0.3 is 26.6 Å². The summed E-state index contributed by atoms with van der Waals surface area (Å²) in [5.74, 6) is 0.854. The number of anilines is 1. The second kappa shape index (κ2) is 10.3. The van der Waals surface area contributed by atoms with Gasteiger partial charge in [0.15, 0.2) is 12.4 Å². The number of benzene rings is 1. The van der Waals surface area contributed by atoms with Gasteiger partial charge in [-0.3, -0.25) is 9.78 Å². The van der Waals surface area contributed by atoms with Crippen molar-refractivity contribution in [3.05, 3.63) is 83.9 Å². The van der Waals surface area contributed by atoms with Crippen LogP contribution in [0.3, 0.4) is 0 Å². The number of nitrogens with zero attached hydrogens (tertiary/aromatic N) is 3. The highest BCUT2D eigenvalue weighted by atomic mass is 79.9. The summed E-state index contributed by atoms with van der Waals surface area (Å²) in [7, 11) is 0. The van der Waals surface area contributed by atoms with E-state index in [0.29, 0.717) is 13.2 Å². The van der Waals surface area contributed by atoms with Crippen LogP contribution in [0.2, 0.25) is 0 Å². The van der Waals surface area contributed by atoms with Crippen molar-refractivity contribution in [3.63, 3.8) is 0 Å². The van der Waals surface area contributed by atoms with Crippen LogP contribution in [0.5, 0.6) is 5.75 Å². The van der Waals surface area contributed by atoms with Crippen LogP contribution in [0, 0.1) is 6.92 Å². The monoisotopic (exact) mass is 467 g/mol. The van der Waals surface area contributed by atoms with E-state index >= 15 is 0 Å². The number of carbonyl (C=O) groups excluding carboxylic acids is 1. The molecular weight excluding hydrogens is 442 g/mol. The van der Waals surface area contributed by atoms with E-state index in [2.05, 4.69) is 22.0 Å². The molecule has 0 N–H and O–H groups in total. The summed E-state index contributed by atoms with van der Waals surface area (Å²) in [6.07, 6.45) is 6.24. The highest BCUT2D eigenvalue weighted by Gasteiger charge is 2.15. The fraction of sp³-hybridized carbons (Fsp3) is 0.292. The molecule has 1 aliphatic rings. The van der Waals surface area contributed by atoms with E-state index in [4.69, 9.17) is 4.74 Å². The van der Waals surface area contributed by atoms with Crippen LogP contribution in [0.15, 0.2) is 67.0 Å². The first-order valence-electron chi connectivity index (χ1n) is 10.1. The summed E-state index contributed by atoms with van der Waals surface area (Å²) in [6, 6.07) is 17.6. The Morgan fingerprint density at radius 1 is 1.03 bits per heavy atom. The number of rotatable bonds is 7. The lowest BCUT2D eigenvalue weighted by Crippen LogP contribution is -3.00. The number of hydrogen-bond donors (Lipinski definition) is 0. The van der Waals surface area contributed by atoms with Gasteiger partial charge in [0.05, 0.1) is 5.69 Å². The average molecular weight is 468 g/mol. The molecule has 30 heavy (non-hydrogen) atoms. The Hall–Kier alpha value is -2.73. The molecule has 3 aromatic rings. The Morgan fingerprint density at radius 3 is 2.40 bits per heavy atom. The number of Topliss-reactive ketones (excluding diaryl/α,β-unsaturated/α-hetero) is 1. The second-order valence-electron chi connectivity index (χ2n) is 7.43. The molecule has 5 nitrogen and oxygen atoms in total. The van der Waals surface area contributed by atoms with Gasteiger partial charge in [-0.2, -0.15) is 4.57 Å². The smallest absolute Gasteiger partial charge is 0.227 e. The molecule has 1 aromatic carbocycles. The van der Waals surface area contributed by atoms with Crippen molar-refractivity contribution in [2.45, 2.75) is 32.9 Å². The third-order valence-electron chi connectivity index (χ3n) is 5.18. The lowest BCUT2D eigenvalue weighted by atomic mass is 10.1. The minimum absolute atomic E-state index is 0. The van der Waals surface area contributed by atoms with Crippen molar-refractivity contribution in [1.82, 2.24) is 4.98 Å². The van der Waals surface area contributed by atoms with Gasteiger partial charge >= 0.3 is 0 Å². The summed E-state index contributed by atoms with van der Waals surface area (Å²) < 4.78 is 7.66. The second-order valence-corrected chi connectivity index (χ2v) is 7.43. The standard InChI is InChI=1S/C24H26N3O2.BrH/c1-19-5-4-6-21(25-19)18-29-23-11-15-26(16-12-23)17-24(28)20-7-9-22(10-8-20)27-13-2-3-14-27;/h4-12,15-16H,2-3,13-14,17-18H2,1H3;1H/q+1;/p-1. The van der Waals surface area contributed by atoms with Crippen LogP contribution in [-0.2, 0) is 13.2 Å². The molecule has 4 rings (SSSR count). The number of aromatic nitrogens is 2. The highest BCUT2D eigenvalue weighted by Crippen LogP contribution is 2.20. The van der Waals surface area contributed by atoms with Crippen LogP contribution in [0.4, 0.5) is 5.69 Å². The van der Waals surface area contributed by atoms with E-state index in [1.165, 1.54) is 18.5 Å². The molecule has 0 aliphatic carbocycles. The van der Waals surface area contributed by atoms with E-state index in [0.717, 1.165) is 35.8 Å². The summed E-state index contributed by atoms with van der Waals surface area (Å²) in [5.41, 5.74) is 3.82. The first-order valence-corrected chi connectivity index (χ1v) is 10.1. The van der Waals surface area contributed by atoms with Crippen molar-refractivity contribution in [1.29, 1.82) is 0 Å². The van der Waals surface area contributed by atoms with Gasteiger partial charge in [-0.15, -0.1) is 0 Å². The van der Waals surface area contributed by atoms with Crippen molar-refractivity contribution in [3.8, 4) is 5.75 Å². The zero-order valence-corrected chi connectivity index (χ0v) is 18.7. The zero-order valence-electron chi connectivity index (χ0n) is 17.1. The Labute approximate surface area is 188 Å². The number of hydrogen-bond acceptors (Lipinski definition) is 4. The van der Waals surface area contributed by atoms with Gasteiger partial charge in [0, 0.05) is 42.2 Å². The summed E-state index contributed by atoms with van der Waals surface area (Å²) in [6.45, 7) is 4.91. The van der Waals surface area contributed by atoms with E-state index in [1.54, 1.807) is 0 Å². The average Bonchev–Trinajstić information content (AvgIpc) is 3.28. The maximum Gasteiger partial charge on any atom is 0.227 e. The van der Waals surface area contributed by atoms with Gasteiger partial charge in [-0.05, 0) is 56.2 Å². The molecule has 0 atom stereocenters. The fourth-order valence-corrected chi connectivity index (χ4v) is 3.57. The van der Waals surface area contributed by atoms with Crippen molar-refractivity contribution < 1.29 is 31.1 Å². The van der Waals surface area contributed by atoms with E-state index in [-0.39, 0.29) is 22.8 Å². The third-order valence-corrected chi connectivity index (χ3v) is 5.18. The Morgan fingerprint density at radius 2 is 1.73 bits per heavy atom. The Balaban J connectivity index is 0.00000256. The van der Waals surface area contributed by atoms with E-state index in [9.17, 15) is 4.79 Å². The van der Waals surface area contributed by atoms with Crippen LogP contribution >= 0.6 is 0 Å². The summed E-state index contributed by atoms with van der Waals surface area (Å²) in [4.78, 5) is 19.4. The Kier molecular flexibility index (Phi) is 7.57. The molecule has 1 saturated heterocycles. The van der Waals surface area contributed by atoms with Gasteiger partial charge in [0.25, 0.3) is 0 Å². The van der Waals surface area contributed by atoms with Crippen molar-refractivity contribution >= 4 is 11.5 Å². The topological polar surface area (TPSA) is 46.3 Å². The molecule has 0 unspecified atom stereocenters. The molecule has 0 radical (unpaired) electrons. The predicted molar refractivity (Wildman–Crippen MR) is 112 cm³/mol. The van der Waals surface area contributed by atoms with Crippen molar-refractivity contribution in [2.75, 3.05) is 18.0 Å². The molecule has 0 saturated carbocycles. The fourth-order valence-electron chi connectivity index (χ4n) is 3.57. The normalized spacial score (nSPS) is 13.0. The lowest BCUT2D eigenvalue weighted by molar-refractivity contribution is -0.683. The molecule has 3 heterocycles. The number of pyridine rings is 2. The number of aryl methyl sites for hydroxylation is 1. The van der Waals surface area contributed by atoms with Crippen LogP contribution in [0.25, 0.3) is 0 Å². The van der Waals surface area contributed by atoms with Gasteiger partial charge in [-0.25, -0.2) is 0 Å². The predicted octanol–water partition coefficient (Wildman–Crippen LogP) is 0.744. The Bertz CT molecular complexity index is 969. The number of carbonyl (C=O) groups is 1. The third kappa shape index (κ3) is 5.66. The molecule has 6 heteroatoms.